The smallest absolute Gasteiger partial charge is 0.252 e. The largest absolute Gasteiger partial charge is 0.346 e. The summed E-state index contributed by atoms with van der Waals surface area (Å²) in [6.07, 6.45) is 0.834. The predicted octanol–water partition coefficient (Wildman–Crippen LogP) is 2.71. The Balaban J connectivity index is 1.51. The molecule has 1 amide bonds. The Morgan fingerprint density at radius 1 is 1.07 bits per heavy atom. The highest BCUT2D eigenvalue weighted by Crippen LogP contribution is 2.38. The monoisotopic (exact) mass is 432 g/mol. The van der Waals surface area contributed by atoms with Crippen molar-refractivity contribution in [2.24, 2.45) is 4.99 Å². The van der Waals surface area contributed by atoms with Gasteiger partial charge in [0, 0.05) is 11.8 Å². The van der Waals surface area contributed by atoms with Crippen LogP contribution in [-0.4, -0.2) is 53.7 Å². The molecule has 2 aromatic rings. The van der Waals surface area contributed by atoms with Crippen molar-refractivity contribution in [3.8, 4) is 0 Å². The van der Waals surface area contributed by atoms with Gasteiger partial charge in [0.2, 0.25) is 0 Å². The zero-order valence-electron chi connectivity index (χ0n) is 15.7. The molecule has 2 fully saturated rings. The summed E-state index contributed by atoms with van der Waals surface area (Å²) < 4.78 is 37.2. The number of amidine groups is 1. The van der Waals surface area contributed by atoms with Crippen LogP contribution in [0.4, 0.5) is 4.39 Å². The lowest BCUT2D eigenvalue weighted by molar-refractivity contribution is -0.117. The number of hydrogen-bond donors (Lipinski definition) is 0. The zero-order chi connectivity index (χ0) is 20.4. The molecule has 0 unspecified atom stereocenters. The predicted molar refractivity (Wildman–Crippen MR) is 113 cm³/mol. The van der Waals surface area contributed by atoms with Crippen LogP contribution >= 0.6 is 11.8 Å². The highest BCUT2D eigenvalue weighted by atomic mass is 32.2. The van der Waals surface area contributed by atoms with E-state index in [0.717, 1.165) is 12.0 Å². The Morgan fingerprint density at radius 2 is 1.79 bits per heavy atom. The van der Waals surface area contributed by atoms with E-state index in [4.69, 9.17) is 0 Å². The zero-order valence-corrected chi connectivity index (χ0v) is 17.3. The Labute approximate surface area is 173 Å². The van der Waals surface area contributed by atoms with Gasteiger partial charge in [0.15, 0.2) is 15.0 Å². The lowest BCUT2D eigenvalue weighted by Crippen LogP contribution is -2.39. The number of fused-ring (bicyclic) bond motifs is 1. The number of thioether (sulfide) groups is 1. The van der Waals surface area contributed by atoms with Gasteiger partial charge in [-0.2, -0.15) is 4.99 Å². The summed E-state index contributed by atoms with van der Waals surface area (Å²) in [5.41, 5.74) is 1.85. The molecule has 0 aromatic heterocycles. The van der Waals surface area contributed by atoms with Crippen LogP contribution in [0.2, 0.25) is 0 Å². The minimum absolute atomic E-state index is 0.0878. The fourth-order valence-corrected chi connectivity index (χ4v) is 7.71. The third-order valence-corrected chi connectivity index (χ3v) is 8.40. The molecule has 0 spiro atoms. The van der Waals surface area contributed by atoms with E-state index in [1.54, 1.807) is 12.1 Å². The van der Waals surface area contributed by atoms with Gasteiger partial charge in [0.25, 0.3) is 5.91 Å². The Hall–Kier alpha value is -2.19. The normalized spacial score (nSPS) is 24.0. The van der Waals surface area contributed by atoms with E-state index in [0.29, 0.717) is 17.3 Å². The maximum Gasteiger partial charge on any atom is 0.252 e. The highest BCUT2D eigenvalue weighted by molar-refractivity contribution is 8.15. The Morgan fingerprint density at radius 3 is 2.52 bits per heavy atom. The van der Waals surface area contributed by atoms with Crippen LogP contribution < -0.4 is 0 Å². The minimum Gasteiger partial charge on any atom is -0.346 e. The molecular weight excluding hydrogens is 411 g/mol. The second-order valence-electron chi connectivity index (χ2n) is 7.32. The number of rotatable bonds is 5. The van der Waals surface area contributed by atoms with E-state index < -0.39 is 9.84 Å². The first kappa shape index (κ1) is 20.1. The molecule has 2 atom stereocenters. The number of amides is 1. The number of carbonyl (C=O) groups is 1. The third-order valence-electron chi connectivity index (χ3n) is 5.15. The first-order valence-electron chi connectivity index (χ1n) is 9.43. The van der Waals surface area contributed by atoms with E-state index in [9.17, 15) is 17.6 Å². The molecular formula is C21H21FN2O3S2. The van der Waals surface area contributed by atoms with Crippen molar-refractivity contribution in [2.45, 2.75) is 24.1 Å². The summed E-state index contributed by atoms with van der Waals surface area (Å²) in [4.78, 5) is 18.8. The number of nitrogens with zero attached hydrogens (tertiary/aromatic N) is 2. The van der Waals surface area contributed by atoms with Crippen LogP contribution in [0.25, 0.3) is 0 Å². The molecule has 0 saturated carbocycles. The fourth-order valence-electron chi connectivity index (χ4n) is 3.71. The van der Waals surface area contributed by atoms with E-state index in [1.165, 1.54) is 23.9 Å². The van der Waals surface area contributed by atoms with E-state index in [2.05, 4.69) is 4.99 Å². The first-order chi connectivity index (χ1) is 13.9. The number of sulfone groups is 1. The number of aliphatic imine (C=N–C) groups is 1. The summed E-state index contributed by atoms with van der Waals surface area (Å²) >= 11 is 1.38. The van der Waals surface area contributed by atoms with Crippen LogP contribution in [0.3, 0.4) is 0 Å². The van der Waals surface area contributed by atoms with Crippen molar-refractivity contribution in [3.63, 3.8) is 0 Å². The van der Waals surface area contributed by atoms with Gasteiger partial charge in [0.05, 0.1) is 24.0 Å². The average Bonchev–Trinajstić information content (AvgIpc) is 3.14. The van der Waals surface area contributed by atoms with Crippen molar-refractivity contribution in [3.05, 3.63) is 71.5 Å². The molecule has 4 rings (SSSR count). The van der Waals surface area contributed by atoms with Gasteiger partial charge in [-0.3, -0.25) is 4.79 Å². The Kier molecular flexibility index (Phi) is 5.74. The number of hydrogen-bond acceptors (Lipinski definition) is 4. The average molecular weight is 433 g/mol. The summed E-state index contributed by atoms with van der Waals surface area (Å²) in [6, 6.07) is 15.6. The van der Waals surface area contributed by atoms with Gasteiger partial charge >= 0.3 is 0 Å². The lowest BCUT2D eigenvalue weighted by Gasteiger charge is -2.24. The van der Waals surface area contributed by atoms with Crippen LogP contribution in [0.1, 0.15) is 11.1 Å². The topological polar surface area (TPSA) is 66.8 Å². The Bertz CT molecular complexity index is 1020. The number of benzene rings is 2. The SMILES string of the molecule is O=C(Cc1ccc(F)cc1)N=C1S[C@H]2CS(=O)(=O)C[C@H]2N1CCc1ccccc1. The maximum atomic E-state index is 13.1. The molecule has 0 N–H and O–H groups in total. The van der Waals surface area contributed by atoms with Crippen molar-refractivity contribution in [1.29, 1.82) is 0 Å². The van der Waals surface area contributed by atoms with E-state index in [-0.39, 0.29) is 40.9 Å². The molecule has 152 valence electrons. The lowest BCUT2D eigenvalue weighted by atomic mass is 10.1. The van der Waals surface area contributed by atoms with Gasteiger partial charge in [-0.25, -0.2) is 12.8 Å². The molecule has 0 radical (unpaired) electrons. The molecule has 2 saturated heterocycles. The molecule has 2 aliphatic heterocycles. The summed E-state index contributed by atoms with van der Waals surface area (Å²) in [5.74, 6) is -0.438. The van der Waals surface area contributed by atoms with E-state index >= 15 is 0 Å². The number of carbonyl (C=O) groups excluding carboxylic acids is 1. The van der Waals surface area contributed by atoms with Crippen molar-refractivity contribution >= 4 is 32.7 Å². The molecule has 29 heavy (non-hydrogen) atoms. The summed E-state index contributed by atoms with van der Waals surface area (Å²) in [6.45, 7) is 0.608. The summed E-state index contributed by atoms with van der Waals surface area (Å²) in [7, 11) is -3.06. The standard InChI is InChI=1S/C21H21FN2O3S2/c22-17-8-6-16(7-9-17)12-20(25)23-21-24(11-10-15-4-2-1-3-5-15)18-13-29(26,27)14-19(18)28-21/h1-9,18-19H,10-14H2/t18-,19+/m1/s1. The first-order valence-corrected chi connectivity index (χ1v) is 12.1. The maximum absolute atomic E-state index is 13.1. The molecule has 0 aliphatic carbocycles. The number of halogens is 1. The van der Waals surface area contributed by atoms with Crippen LogP contribution in [0.5, 0.6) is 0 Å². The van der Waals surface area contributed by atoms with Gasteiger partial charge in [0.1, 0.15) is 5.82 Å². The molecule has 5 nitrogen and oxygen atoms in total. The minimum atomic E-state index is -3.06. The summed E-state index contributed by atoms with van der Waals surface area (Å²) in [5, 5.41) is 0.506. The van der Waals surface area contributed by atoms with Crippen molar-refractivity contribution in [1.82, 2.24) is 4.90 Å². The quantitative estimate of drug-likeness (QED) is 0.727. The second-order valence-corrected chi connectivity index (χ2v) is 10.7. The van der Waals surface area contributed by atoms with Crippen LogP contribution in [-0.2, 0) is 27.5 Å². The van der Waals surface area contributed by atoms with Crippen molar-refractivity contribution < 1.29 is 17.6 Å². The third kappa shape index (κ3) is 4.87. The molecule has 2 aliphatic rings. The highest BCUT2D eigenvalue weighted by Gasteiger charge is 2.48. The molecule has 2 heterocycles. The molecule has 8 heteroatoms. The van der Waals surface area contributed by atoms with Gasteiger partial charge < -0.3 is 4.90 Å². The molecule has 2 aromatic carbocycles. The molecule has 0 bridgehead atoms. The van der Waals surface area contributed by atoms with Gasteiger partial charge in [-0.05, 0) is 29.7 Å². The fraction of sp³-hybridized carbons (Fsp3) is 0.333. The van der Waals surface area contributed by atoms with Gasteiger partial charge in [-0.15, -0.1) is 0 Å². The second kappa shape index (κ2) is 8.28. The van der Waals surface area contributed by atoms with Gasteiger partial charge in [-0.1, -0.05) is 54.2 Å². The van der Waals surface area contributed by atoms with Crippen molar-refractivity contribution in [2.75, 3.05) is 18.1 Å². The van der Waals surface area contributed by atoms with Crippen LogP contribution in [0, 0.1) is 5.82 Å². The van der Waals surface area contributed by atoms with E-state index in [1.807, 2.05) is 35.2 Å². The van der Waals surface area contributed by atoms with Crippen LogP contribution in [0.15, 0.2) is 59.6 Å².